The lowest BCUT2D eigenvalue weighted by atomic mass is 10.2. The molecule has 5 heteroatoms. The third-order valence-corrected chi connectivity index (χ3v) is 2.15. The van der Waals surface area contributed by atoms with Gasteiger partial charge in [-0.2, -0.15) is 10.4 Å². The van der Waals surface area contributed by atoms with Crippen LogP contribution in [0.25, 0.3) is 0 Å². The maximum atomic E-state index is 12.9. The van der Waals surface area contributed by atoms with Crippen molar-refractivity contribution in [2.75, 3.05) is 0 Å². The molecule has 84 valence electrons. The van der Waals surface area contributed by atoms with Crippen molar-refractivity contribution in [1.82, 2.24) is 10.2 Å². The standard InChI is InChI=1S/C12H8FN3O/c1-8-6-10(13)2-3-11(8)17-12-9(7-14)4-5-15-16-12/h2-6H,1H3. The largest absolute Gasteiger partial charge is 0.436 e. The van der Waals surface area contributed by atoms with Gasteiger partial charge in [0.15, 0.2) is 0 Å². The summed E-state index contributed by atoms with van der Waals surface area (Å²) in [6.07, 6.45) is 1.41. The second-order valence-electron chi connectivity index (χ2n) is 3.37. The van der Waals surface area contributed by atoms with E-state index in [0.717, 1.165) is 0 Å². The Balaban J connectivity index is 2.35. The number of ether oxygens (including phenoxy) is 1. The normalized spacial score (nSPS) is 9.71. The smallest absolute Gasteiger partial charge is 0.256 e. The summed E-state index contributed by atoms with van der Waals surface area (Å²) in [6.45, 7) is 1.71. The Hall–Kier alpha value is -2.48. The zero-order valence-corrected chi connectivity index (χ0v) is 9.01. The fraction of sp³-hybridized carbons (Fsp3) is 0.0833. The van der Waals surface area contributed by atoms with Crippen molar-refractivity contribution in [3.8, 4) is 17.7 Å². The topological polar surface area (TPSA) is 58.8 Å². The van der Waals surface area contributed by atoms with Gasteiger partial charge in [0, 0.05) is 0 Å². The van der Waals surface area contributed by atoms with E-state index in [1.54, 1.807) is 6.92 Å². The summed E-state index contributed by atoms with van der Waals surface area (Å²) in [5.74, 6) is 0.225. The predicted molar refractivity (Wildman–Crippen MR) is 58.0 cm³/mol. The number of hydrogen-bond donors (Lipinski definition) is 0. The molecule has 0 fully saturated rings. The maximum absolute atomic E-state index is 12.9. The first-order chi connectivity index (χ1) is 8.20. The van der Waals surface area contributed by atoms with E-state index in [-0.39, 0.29) is 17.3 Å². The number of halogens is 1. The molecule has 0 radical (unpaired) electrons. The van der Waals surface area contributed by atoms with E-state index in [1.807, 2.05) is 6.07 Å². The Labute approximate surface area is 97.3 Å². The van der Waals surface area contributed by atoms with Crippen LogP contribution in [0.1, 0.15) is 11.1 Å². The van der Waals surface area contributed by atoms with Gasteiger partial charge in [-0.25, -0.2) is 4.39 Å². The van der Waals surface area contributed by atoms with E-state index in [4.69, 9.17) is 10.00 Å². The van der Waals surface area contributed by atoms with E-state index in [9.17, 15) is 4.39 Å². The highest BCUT2D eigenvalue weighted by Gasteiger charge is 2.08. The summed E-state index contributed by atoms with van der Waals surface area (Å²) in [7, 11) is 0. The molecule has 0 spiro atoms. The van der Waals surface area contributed by atoms with Gasteiger partial charge in [0.1, 0.15) is 23.2 Å². The van der Waals surface area contributed by atoms with Gasteiger partial charge in [0.2, 0.25) is 0 Å². The zero-order chi connectivity index (χ0) is 12.3. The first-order valence-electron chi connectivity index (χ1n) is 4.86. The van der Waals surface area contributed by atoms with E-state index < -0.39 is 0 Å². The van der Waals surface area contributed by atoms with E-state index >= 15 is 0 Å². The van der Waals surface area contributed by atoms with Gasteiger partial charge in [-0.1, -0.05) is 0 Å². The van der Waals surface area contributed by atoms with Gasteiger partial charge >= 0.3 is 0 Å². The monoisotopic (exact) mass is 229 g/mol. The van der Waals surface area contributed by atoms with E-state index in [1.165, 1.54) is 30.5 Å². The van der Waals surface area contributed by atoms with Crippen molar-refractivity contribution < 1.29 is 9.13 Å². The van der Waals surface area contributed by atoms with Gasteiger partial charge < -0.3 is 4.74 Å². The highest BCUT2D eigenvalue weighted by atomic mass is 19.1. The molecular formula is C12H8FN3O. The molecule has 1 aromatic carbocycles. The predicted octanol–water partition coefficient (Wildman–Crippen LogP) is 2.59. The van der Waals surface area contributed by atoms with Crippen LogP contribution in [0.15, 0.2) is 30.5 Å². The SMILES string of the molecule is Cc1cc(F)ccc1Oc1nnccc1C#N. The van der Waals surface area contributed by atoms with Crippen LogP contribution in [0, 0.1) is 24.1 Å². The highest BCUT2D eigenvalue weighted by Crippen LogP contribution is 2.25. The van der Waals surface area contributed by atoms with Crippen LogP contribution in [0.4, 0.5) is 4.39 Å². The van der Waals surface area contributed by atoms with Crippen molar-refractivity contribution in [3.05, 3.63) is 47.4 Å². The van der Waals surface area contributed by atoms with Crippen LogP contribution in [0.5, 0.6) is 11.6 Å². The Bertz CT molecular complexity index is 593. The second-order valence-corrected chi connectivity index (χ2v) is 3.37. The van der Waals surface area contributed by atoms with Crippen molar-refractivity contribution in [2.45, 2.75) is 6.92 Å². The molecule has 0 unspecified atom stereocenters. The lowest BCUT2D eigenvalue weighted by molar-refractivity contribution is 0.448. The lowest BCUT2D eigenvalue weighted by Gasteiger charge is -2.07. The quantitative estimate of drug-likeness (QED) is 0.794. The molecular weight excluding hydrogens is 221 g/mol. The van der Waals surface area contributed by atoms with Crippen molar-refractivity contribution in [1.29, 1.82) is 5.26 Å². The minimum Gasteiger partial charge on any atom is -0.436 e. The fourth-order valence-electron chi connectivity index (χ4n) is 1.31. The zero-order valence-electron chi connectivity index (χ0n) is 9.01. The highest BCUT2D eigenvalue weighted by molar-refractivity contribution is 5.41. The first-order valence-corrected chi connectivity index (χ1v) is 4.86. The summed E-state index contributed by atoms with van der Waals surface area (Å²) in [5, 5.41) is 16.2. The van der Waals surface area contributed by atoms with Crippen molar-refractivity contribution in [2.24, 2.45) is 0 Å². The van der Waals surface area contributed by atoms with E-state index in [0.29, 0.717) is 11.3 Å². The molecule has 0 amide bonds. The number of nitriles is 1. The number of hydrogen-bond acceptors (Lipinski definition) is 4. The number of rotatable bonds is 2. The number of benzene rings is 1. The molecule has 0 aliphatic heterocycles. The Morgan fingerprint density at radius 3 is 2.88 bits per heavy atom. The molecule has 4 nitrogen and oxygen atoms in total. The van der Waals surface area contributed by atoms with Crippen LogP contribution in [-0.2, 0) is 0 Å². The molecule has 1 heterocycles. The molecule has 2 aromatic rings. The average molecular weight is 229 g/mol. The molecule has 0 aliphatic rings. The molecule has 0 saturated carbocycles. The molecule has 2 rings (SSSR count). The third-order valence-electron chi connectivity index (χ3n) is 2.15. The second kappa shape index (κ2) is 4.58. The molecule has 0 saturated heterocycles. The van der Waals surface area contributed by atoms with Crippen molar-refractivity contribution >= 4 is 0 Å². The van der Waals surface area contributed by atoms with Gasteiger partial charge in [-0.05, 0) is 36.8 Å². The van der Waals surface area contributed by atoms with Gasteiger partial charge in [-0.3, -0.25) is 0 Å². The van der Waals surface area contributed by atoms with Crippen LogP contribution in [0.2, 0.25) is 0 Å². The summed E-state index contributed by atoms with van der Waals surface area (Å²) in [6, 6.07) is 7.56. The number of aromatic nitrogens is 2. The van der Waals surface area contributed by atoms with Crippen LogP contribution in [0.3, 0.4) is 0 Å². The third kappa shape index (κ3) is 2.37. The molecule has 0 N–H and O–H groups in total. The summed E-state index contributed by atoms with van der Waals surface area (Å²) < 4.78 is 18.3. The maximum Gasteiger partial charge on any atom is 0.256 e. The van der Waals surface area contributed by atoms with Gasteiger partial charge in [0.05, 0.1) is 6.20 Å². The van der Waals surface area contributed by atoms with Crippen LogP contribution < -0.4 is 4.74 Å². The number of aryl methyl sites for hydroxylation is 1. The molecule has 0 atom stereocenters. The Morgan fingerprint density at radius 2 is 2.18 bits per heavy atom. The van der Waals surface area contributed by atoms with Crippen molar-refractivity contribution in [3.63, 3.8) is 0 Å². The minimum absolute atomic E-state index is 0.115. The molecule has 0 bridgehead atoms. The van der Waals surface area contributed by atoms with Gasteiger partial charge in [-0.15, -0.1) is 5.10 Å². The average Bonchev–Trinajstić information content (AvgIpc) is 2.33. The summed E-state index contributed by atoms with van der Waals surface area (Å²) in [5.41, 5.74) is 0.906. The first kappa shape index (κ1) is 11.0. The summed E-state index contributed by atoms with van der Waals surface area (Å²) >= 11 is 0. The molecule has 1 aromatic heterocycles. The fourth-order valence-corrected chi connectivity index (χ4v) is 1.31. The lowest BCUT2D eigenvalue weighted by Crippen LogP contribution is -1.95. The molecule has 17 heavy (non-hydrogen) atoms. The van der Waals surface area contributed by atoms with Crippen LogP contribution >= 0.6 is 0 Å². The Kier molecular flexibility index (Phi) is 2.97. The van der Waals surface area contributed by atoms with Crippen LogP contribution in [-0.4, -0.2) is 10.2 Å². The summed E-state index contributed by atoms with van der Waals surface area (Å²) in [4.78, 5) is 0. The van der Waals surface area contributed by atoms with Gasteiger partial charge in [0.25, 0.3) is 5.88 Å². The minimum atomic E-state index is -0.338. The van der Waals surface area contributed by atoms with E-state index in [2.05, 4.69) is 10.2 Å². The molecule has 0 aliphatic carbocycles. The Morgan fingerprint density at radius 1 is 1.35 bits per heavy atom. The number of nitrogens with zero attached hydrogens (tertiary/aromatic N) is 3.